The van der Waals surface area contributed by atoms with Crippen molar-refractivity contribution in [2.75, 3.05) is 31.3 Å². The Morgan fingerprint density at radius 2 is 1.09 bits per heavy atom. The molecule has 2 N–H and O–H groups in total. The quantitative estimate of drug-likeness (QED) is 0.0220. The molecule has 0 heterocycles. The number of carbonyl (C=O) groups is 6. The largest absolute Gasteiger partial charge is 0.466 e. The highest BCUT2D eigenvalue weighted by atomic mass is 32.2. The van der Waals surface area contributed by atoms with E-state index < -0.39 is 57.8 Å². The first kappa shape index (κ1) is 69.1. The van der Waals surface area contributed by atoms with Crippen LogP contribution in [0.2, 0.25) is 51.4 Å². The van der Waals surface area contributed by atoms with E-state index in [2.05, 4.69) is 70.6 Å². The van der Waals surface area contributed by atoms with Gasteiger partial charge in [0.15, 0.2) is 10.2 Å². The second-order valence-electron chi connectivity index (χ2n) is 23.5. The standard InChI is InChI=1S/C41H59NO7SSi.C20H38O4SSi/c1-8-9-10-11-12-24-37(44)50-26-18-17-19-30(28-36(43)47-25-27-51(5,6)7)49-39(45)38(41(2,3)4)42-40(46)48-29-35-33-22-15-13-20-31(33)32-21-14-16-23-34(32)35;1-5-6-7-8-9-13-20(23)25-15-11-10-12-18(21)17-19(22)24-14-16-26(2,3)4/h13-17,19-23,30,35,38H,8-12,18,24-29H2,1-7H3,(H,42,46);10,12,18,21H,5-9,11,13-17H2,1-4H3/b19-17+;12-10+/t30-,38-;18-/m11/s1. The van der Waals surface area contributed by atoms with Crippen molar-refractivity contribution < 1.29 is 52.8 Å². The fraction of sp³-hybridized carbons (Fsp3) is 0.639. The lowest BCUT2D eigenvalue weighted by atomic mass is 9.87. The average Bonchev–Trinajstić information content (AvgIpc) is 3.67. The summed E-state index contributed by atoms with van der Waals surface area (Å²) in [5, 5.41) is 13.0. The number of alkyl carbamates (subject to hydrolysis) is 1. The highest BCUT2D eigenvalue weighted by Crippen LogP contribution is 2.44. The number of thioether (sulfide) groups is 2. The zero-order valence-corrected chi connectivity index (χ0v) is 52.5. The fourth-order valence-corrected chi connectivity index (χ4v) is 11.1. The van der Waals surface area contributed by atoms with Crippen molar-refractivity contribution in [3.63, 3.8) is 0 Å². The summed E-state index contributed by atoms with van der Waals surface area (Å²) in [5.41, 5.74) is 3.71. The van der Waals surface area contributed by atoms with Crippen molar-refractivity contribution >= 4 is 73.9 Å². The van der Waals surface area contributed by atoms with E-state index in [4.69, 9.17) is 18.9 Å². The minimum atomic E-state index is -1.41. The minimum absolute atomic E-state index is 0.00790. The van der Waals surface area contributed by atoms with Gasteiger partial charge in [0.2, 0.25) is 0 Å². The van der Waals surface area contributed by atoms with Crippen LogP contribution in [0.25, 0.3) is 11.1 Å². The summed E-state index contributed by atoms with van der Waals surface area (Å²) in [6.07, 6.45) is 18.2. The smallest absolute Gasteiger partial charge is 0.407 e. The third kappa shape index (κ3) is 32.0. The molecule has 3 atom stereocenters. The van der Waals surface area contributed by atoms with Gasteiger partial charge in [-0.05, 0) is 71.5 Å². The number of carbonyl (C=O) groups excluding carboxylic acids is 6. The van der Waals surface area contributed by atoms with Crippen LogP contribution in [0.1, 0.15) is 154 Å². The molecule has 12 nitrogen and oxygen atoms in total. The number of aliphatic hydroxyl groups excluding tert-OH is 1. The zero-order valence-electron chi connectivity index (χ0n) is 48.8. The number of rotatable bonds is 35. The lowest BCUT2D eigenvalue weighted by Crippen LogP contribution is -2.51. The minimum Gasteiger partial charge on any atom is -0.466 e. The Balaban J connectivity index is 0.000000657. The third-order valence-electron chi connectivity index (χ3n) is 12.7. The summed E-state index contributed by atoms with van der Waals surface area (Å²) in [4.78, 5) is 75.3. The Bertz CT molecular complexity index is 2100. The van der Waals surface area contributed by atoms with Crippen LogP contribution < -0.4 is 5.32 Å². The summed E-state index contributed by atoms with van der Waals surface area (Å²) in [5.74, 6) is -0.290. The molecule has 1 aliphatic carbocycles. The van der Waals surface area contributed by atoms with Crippen molar-refractivity contribution in [3.8, 4) is 11.1 Å². The molecule has 77 heavy (non-hydrogen) atoms. The van der Waals surface area contributed by atoms with E-state index >= 15 is 0 Å². The van der Waals surface area contributed by atoms with Gasteiger partial charge in [0.1, 0.15) is 18.8 Å². The maximum Gasteiger partial charge on any atom is 0.407 e. The SMILES string of the molecule is CCCCCCCC(=O)SCC/C=C/[C@@H](O)CC(=O)OCC[Si](C)(C)C.CCCCCCCC(=O)SCC/C=C/[C@H](CC(=O)OCC[Si](C)(C)C)OC(=O)[C@@H](NC(=O)OCC1c2ccccc2-c2ccccc21)C(C)(C)C. The van der Waals surface area contributed by atoms with Gasteiger partial charge in [-0.15, -0.1) is 0 Å². The van der Waals surface area contributed by atoms with E-state index in [1.165, 1.54) is 55.6 Å². The molecule has 0 aromatic heterocycles. The van der Waals surface area contributed by atoms with Crippen molar-refractivity contribution in [3.05, 3.63) is 84.0 Å². The second kappa shape index (κ2) is 37.8. The first-order valence-electron chi connectivity index (χ1n) is 28.4. The second-order valence-corrected chi connectivity index (χ2v) is 37.0. The molecule has 2 aromatic carbocycles. The predicted molar refractivity (Wildman–Crippen MR) is 324 cm³/mol. The number of benzene rings is 2. The van der Waals surface area contributed by atoms with Crippen molar-refractivity contribution in [2.24, 2.45) is 5.41 Å². The van der Waals surface area contributed by atoms with Crippen LogP contribution in [-0.2, 0) is 42.9 Å². The Kier molecular flexibility index (Phi) is 34.0. The number of allylic oxidation sites excluding steroid dienone is 2. The molecule has 0 bridgehead atoms. The number of nitrogens with one attached hydrogen (secondary N) is 1. The summed E-state index contributed by atoms with van der Waals surface area (Å²) in [6, 6.07) is 16.9. The van der Waals surface area contributed by atoms with Gasteiger partial charge in [0.25, 0.3) is 0 Å². The van der Waals surface area contributed by atoms with E-state index in [1.54, 1.807) is 12.2 Å². The molecule has 432 valence electrons. The first-order chi connectivity index (χ1) is 36.4. The predicted octanol–water partition coefficient (Wildman–Crippen LogP) is 14.9. The highest BCUT2D eigenvalue weighted by Gasteiger charge is 2.37. The molecule has 3 rings (SSSR count). The molecular formula is C61H97NO11S2Si2. The lowest BCUT2D eigenvalue weighted by Gasteiger charge is -2.30. The molecule has 1 aliphatic rings. The highest BCUT2D eigenvalue weighted by molar-refractivity contribution is 8.13. The molecule has 0 radical (unpaired) electrons. The number of ether oxygens (including phenoxy) is 4. The molecular weight excluding hydrogens is 1040 g/mol. The fourth-order valence-electron chi connectivity index (χ4n) is 8.09. The molecule has 1 amide bonds. The van der Waals surface area contributed by atoms with Crippen LogP contribution in [0.15, 0.2) is 72.8 Å². The van der Waals surface area contributed by atoms with Gasteiger partial charge in [-0.2, -0.15) is 0 Å². The van der Waals surface area contributed by atoms with E-state index in [0.29, 0.717) is 44.6 Å². The van der Waals surface area contributed by atoms with Crippen LogP contribution >= 0.6 is 23.5 Å². The molecule has 0 unspecified atom stereocenters. The van der Waals surface area contributed by atoms with Gasteiger partial charge >= 0.3 is 24.0 Å². The van der Waals surface area contributed by atoms with Crippen LogP contribution in [0.5, 0.6) is 0 Å². The molecule has 0 aliphatic heterocycles. The Labute approximate surface area is 474 Å². The number of aliphatic hydroxyl groups is 1. The maximum absolute atomic E-state index is 13.7. The molecule has 0 saturated carbocycles. The lowest BCUT2D eigenvalue weighted by molar-refractivity contribution is -0.156. The number of fused-ring (bicyclic) bond motifs is 3. The van der Waals surface area contributed by atoms with Crippen LogP contribution in [0.4, 0.5) is 4.79 Å². The Hall–Kier alpha value is -3.97. The molecule has 0 spiro atoms. The van der Waals surface area contributed by atoms with Gasteiger partial charge in [-0.3, -0.25) is 19.2 Å². The normalized spacial score (nSPS) is 13.7. The molecule has 0 saturated heterocycles. The zero-order chi connectivity index (χ0) is 57.3. The number of amides is 1. The third-order valence-corrected chi connectivity index (χ3v) is 18.1. The number of esters is 3. The van der Waals surface area contributed by atoms with Gasteiger partial charge < -0.3 is 29.4 Å². The summed E-state index contributed by atoms with van der Waals surface area (Å²) < 4.78 is 22.3. The first-order valence-corrected chi connectivity index (χ1v) is 37.8. The van der Waals surface area contributed by atoms with E-state index in [1.807, 2.05) is 69.3 Å². The van der Waals surface area contributed by atoms with Gasteiger partial charge in [-0.1, -0.05) is 216 Å². The maximum atomic E-state index is 13.7. The number of unbranched alkanes of at least 4 members (excludes halogenated alkanes) is 8. The monoisotopic (exact) mass is 1140 g/mol. The van der Waals surface area contributed by atoms with Crippen LogP contribution in [0.3, 0.4) is 0 Å². The summed E-state index contributed by atoms with van der Waals surface area (Å²) in [7, 11) is -2.61. The van der Waals surface area contributed by atoms with Crippen molar-refractivity contribution in [1.29, 1.82) is 0 Å². The van der Waals surface area contributed by atoms with Crippen LogP contribution in [0, 0.1) is 5.41 Å². The van der Waals surface area contributed by atoms with Gasteiger partial charge in [-0.25, -0.2) is 9.59 Å². The van der Waals surface area contributed by atoms with E-state index in [0.717, 1.165) is 72.2 Å². The van der Waals surface area contributed by atoms with E-state index in [9.17, 15) is 33.9 Å². The number of hydrogen-bond acceptors (Lipinski definition) is 13. The average molecular weight is 1140 g/mol. The van der Waals surface area contributed by atoms with Gasteiger partial charge in [0, 0.05) is 46.4 Å². The van der Waals surface area contributed by atoms with E-state index in [-0.39, 0.29) is 41.6 Å². The summed E-state index contributed by atoms with van der Waals surface area (Å²) >= 11 is 2.67. The Morgan fingerprint density at radius 3 is 1.56 bits per heavy atom. The van der Waals surface area contributed by atoms with Crippen molar-refractivity contribution in [2.45, 2.75) is 213 Å². The number of hydrogen-bond donors (Lipinski definition) is 2. The Morgan fingerprint density at radius 1 is 0.636 bits per heavy atom. The van der Waals surface area contributed by atoms with Crippen LogP contribution in [-0.4, -0.2) is 105 Å². The van der Waals surface area contributed by atoms with Gasteiger partial charge in [0.05, 0.1) is 32.2 Å². The van der Waals surface area contributed by atoms with Crippen molar-refractivity contribution in [1.82, 2.24) is 5.32 Å². The molecule has 2 aromatic rings. The molecule has 0 fully saturated rings. The molecule has 16 heteroatoms. The topological polar surface area (TPSA) is 172 Å². The summed E-state index contributed by atoms with van der Waals surface area (Å²) in [6.45, 7) is 24.0.